The lowest BCUT2D eigenvalue weighted by Crippen LogP contribution is -2.49. The molecule has 3 heterocycles. The van der Waals surface area contributed by atoms with Crippen molar-refractivity contribution in [3.8, 4) is 11.5 Å². The van der Waals surface area contributed by atoms with Crippen molar-refractivity contribution in [2.75, 3.05) is 17.2 Å². The number of rotatable bonds is 8. The first-order chi connectivity index (χ1) is 18.2. The van der Waals surface area contributed by atoms with Crippen LogP contribution in [-0.2, 0) is 6.42 Å². The minimum Gasteiger partial charge on any atom is -0.394 e. The van der Waals surface area contributed by atoms with Crippen molar-refractivity contribution in [2.45, 2.75) is 38.3 Å². The van der Waals surface area contributed by atoms with Gasteiger partial charge in [0.2, 0.25) is 11.8 Å². The molecule has 0 aliphatic carbocycles. The highest BCUT2D eigenvalue weighted by atomic mass is 19.3. The number of aromatic nitrogens is 4. The van der Waals surface area contributed by atoms with E-state index >= 15 is 0 Å². The molecule has 12 heteroatoms. The highest BCUT2D eigenvalue weighted by Gasteiger charge is 2.30. The lowest BCUT2D eigenvalue weighted by atomic mass is 9.87. The van der Waals surface area contributed by atoms with E-state index in [2.05, 4.69) is 36.1 Å². The predicted molar refractivity (Wildman–Crippen MR) is 135 cm³/mol. The molecular formula is C26H25F2N7O3. The molecule has 0 bridgehead atoms. The normalized spacial score (nSPS) is 15.1. The van der Waals surface area contributed by atoms with Crippen LogP contribution in [0.2, 0.25) is 0 Å². The summed E-state index contributed by atoms with van der Waals surface area (Å²) in [5.74, 6) is -0.797. The van der Waals surface area contributed by atoms with Crippen LogP contribution in [0.1, 0.15) is 53.6 Å². The van der Waals surface area contributed by atoms with Crippen LogP contribution in [0, 0.1) is 0 Å². The summed E-state index contributed by atoms with van der Waals surface area (Å²) in [7, 11) is 0. The molecule has 1 amide bonds. The Hall–Kier alpha value is -4.45. The van der Waals surface area contributed by atoms with Gasteiger partial charge in [-0.1, -0.05) is 41.6 Å². The number of fused-ring (bicyclic) bond motifs is 1. The van der Waals surface area contributed by atoms with Crippen molar-refractivity contribution in [2.24, 2.45) is 0 Å². The van der Waals surface area contributed by atoms with Crippen LogP contribution >= 0.6 is 0 Å². The molecule has 0 fully saturated rings. The maximum atomic E-state index is 13.1. The highest BCUT2D eigenvalue weighted by molar-refractivity contribution is 5.98. The molecule has 1 atom stereocenters. The number of carbonyl (C=O) groups excluding carboxylic acids is 1. The van der Waals surface area contributed by atoms with Gasteiger partial charge in [-0.25, -0.2) is 13.8 Å². The Kier molecular flexibility index (Phi) is 6.72. The number of aliphatic hydroxyl groups excluding tert-OH is 1. The molecule has 10 nitrogen and oxygen atoms in total. The lowest BCUT2D eigenvalue weighted by Gasteiger charge is -2.32. The Morgan fingerprint density at radius 2 is 1.92 bits per heavy atom. The molecule has 0 saturated carbocycles. The Morgan fingerprint density at radius 1 is 1.13 bits per heavy atom. The Bertz CT molecular complexity index is 1460. The van der Waals surface area contributed by atoms with Crippen LogP contribution in [0.25, 0.3) is 11.5 Å². The SMILES string of the molecule is CC1(C)Cc2ccc(Nc3ncc(-c4nc(C(F)F)no4)c(N[C@H](CO)c4ccccc4)n3)cc2C(=O)N1. The fraction of sp³-hybridized carbons (Fsp3) is 0.269. The number of hydrogen-bond acceptors (Lipinski definition) is 9. The summed E-state index contributed by atoms with van der Waals surface area (Å²) in [6, 6.07) is 14.0. The van der Waals surface area contributed by atoms with Crippen LogP contribution in [0.4, 0.5) is 26.2 Å². The smallest absolute Gasteiger partial charge is 0.300 e. The Labute approximate surface area is 216 Å². The molecule has 5 rings (SSSR count). The molecule has 0 radical (unpaired) electrons. The van der Waals surface area contributed by atoms with E-state index in [9.17, 15) is 18.7 Å². The second-order valence-corrected chi connectivity index (χ2v) is 9.52. The van der Waals surface area contributed by atoms with E-state index in [4.69, 9.17) is 4.52 Å². The van der Waals surface area contributed by atoms with E-state index in [1.807, 2.05) is 56.3 Å². The van der Waals surface area contributed by atoms with E-state index in [-0.39, 0.29) is 41.3 Å². The van der Waals surface area contributed by atoms with Gasteiger partial charge < -0.3 is 25.6 Å². The Morgan fingerprint density at radius 3 is 2.63 bits per heavy atom. The summed E-state index contributed by atoms with van der Waals surface area (Å²) in [5, 5.41) is 22.5. The number of aliphatic hydroxyl groups is 1. The molecular weight excluding hydrogens is 496 g/mol. The fourth-order valence-electron chi connectivity index (χ4n) is 4.27. The number of anilines is 3. The minimum atomic E-state index is -2.91. The summed E-state index contributed by atoms with van der Waals surface area (Å²) in [6.07, 6.45) is -0.861. The van der Waals surface area contributed by atoms with Crippen LogP contribution in [0.15, 0.2) is 59.3 Å². The third-order valence-corrected chi connectivity index (χ3v) is 6.05. The van der Waals surface area contributed by atoms with Crippen LogP contribution < -0.4 is 16.0 Å². The number of hydrogen-bond donors (Lipinski definition) is 4. The van der Waals surface area contributed by atoms with Gasteiger partial charge in [0.1, 0.15) is 11.4 Å². The number of halogens is 2. The second-order valence-electron chi connectivity index (χ2n) is 9.52. The summed E-state index contributed by atoms with van der Waals surface area (Å²) in [5.41, 5.74) is 2.69. The monoisotopic (exact) mass is 521 g/mol. The summed E-state index contributed by atoms with van der Waals surface area (Å²) in [6.45, 7) is 3.65. The predicted octanol–water partition coefficient (Wildman–Crippen LogP) is 4.42. The molecule has 4 aromatic rings. The first-order valence-electron chi connectivity index (χ1n) is 11.9. The first-order valence-corrected chi connectivity index (χ1v) is 11.9. The van der Waals surface area contributed by atoms with Gasteiger partial charge in [-0.05, 0) is 43.5 Å². The summed E-state index contributed by atoms with van der Waals surface area (Å²) >= 11 is 0. The van der Waals surface area contributed by atoms with Crippen molar-refractivity contribution in [1.82, 2.24) is 25.4 Å². The van der Waals surface area contributed by atoms with Gasteiger partial charge in [0, 0.05) is 23.0 Å². The van der Waals surface area contributed by atoms with Gasteiger partial charge >= 0.3 is 6.43 Å². The van der Waals surface area contributed by atoms with Gasteiger partial charge in [0.25, 0.3) is 11.8 Å². The zero-order chi connectivity index (χ0) is 26.9. The number of alkyl halides is 2. The number of benzene rings is 2. The number of nitrogens with one attached hydrogen (secondary N) is 3. The third kappa shape index (κ3) is 5.30. The average Bonchev–Trinajstić information content (AvgIpc) is 3.38. The van der Waals surface area contributed by atoms with Gasteiger partial charge in [-0.3, -0.25) is 4.79 Å². The number of amides is 1. The maximum absolute atomic E-state index is 13.1. The standard InChI is InChI=1S/C26H25F2N7O3/c1-26(2)11-15-8-9-16(10-17(15)23(37)34-26)30-25-29-12-18(24-32-22(20(27)28)35-38-24)21(33-25)31-19(13-36)14-6-4-3-5-7-14/h3-10,12,19-20,36H,11,13H2,1-2H3,(H,34,37)(H2,29,30,31,33)/t19-/m1/s1. The van der Waals surface area contributed by atoms with Crippen molar-refractivity contribution in [3.63, 3.8) is 0 Å². The van der Waals surface area contributed by atoms with Crippen LogP contribution in [-0.4, -0.2) is 43.3 Å². The molecule has 0 saturated heterocycles. The highest BCUT2D eigenvalue weighted by Crippen LogP contribution is 2.31. The molecule has 1 aliphatic heterocycles. The minimum absolute atomic E-state index is 0.158. The molecule has 1 aliphatic rings. The van der Waals surface area contributed by atoms with Gasteiger partial charge in [-0.15, -0.1) is 0 Å². The maximum Gasteiger partial charge on any atom is 0.300 e. The zero-order valence-corrected chi connectivity index (χ0v) is 20.6. The molecule has 2 aromatic carbocycles. The topological polar surface area (TPSA) is 138 Å². The molecule has 0 spiro atoms. The summed E-state index contributed by atoms with van der Waals surface area (Å²) in [4.78, 5) is 25.2. The van der Waals surface area contributed by atoms with Gasteiger partial charge in [0.15, 0.2) is 0 Å². The number of nitrogens with zero attached hydrogens (tertiary/aromatic N) is 4. The molecule has 38 heavy (non-hydrogen) atoms. The van der Waals surface area contributed by atoms with Gasteiger partial charge in [-0.2, -0.15) is 9.97 Å². The van der Waals surface area contributed by atoms with E-state index in [1.54, 1.807) is 6.07 Å². The van der Waals surface area contributed by atoms with E-state index in [0.29, 0.717) is 17.7 Å². The zero-order valence-electron chi connectivity index (χ0n) is 20.6. The average molecular weight is 522 g/mol. The van der Waals surface area contributed by atoms with E-state index < -0.39 is 18.3 Å². The van der Waals surface area contributed by atoms with Crippen LogP contribution in [0.5, 0.6) is 0 Å². The molecule has 196 valence electrons. The quantitative estimate of drug-likeness (QED) is 0.265. The van der Waals surface area contributed by atoms with Crippen molar-refractivity contribution in [3.05, 3.63) is 77.2 Å². The second kappa shape index (κ2) is 10.1. The van der Waals surface area contributed by atoms with Crippen molar-refractivity contribution in [1.29, 1.82) is 0 Å². The van der Waals surface area contributed by atoms with Crippen molar-refractivity contribution < 1.29 is 23.2 Å². The van der Waals surface area contributed by atoms with E-state index in [0.717, 1.165) is 11.1 Å². The first kappa shape index (κ1) is 25.2. The Balaban J connectivity index is 1.48. The van der Waals surface area contributed by atoms with E-state index in [1.165, 1.54) is 6.20 Å². The van der Waals surface area contributed by atoms with Crippen molar-refractivity contribution >= 4 is 23.4 Å². The summed E-state index contributed by atoms with van der Waals surface area (Å²) < 4.78 is 31.2. The molecule has 4 N–H and O–H groups in total. The van der Waals surface area contributed by atoms with Gasteiger partial charge in [0.05, 0.1) is 12.6 Å². The van der Waals surface area contributed by atoms with Crippen LogP contribution in [0.3, 0.4) is 0 Å². The molecule has 0 unspecified atom stereocenters. The fourth-order valence-corrected chi connectivity index (χ4v) is 4.27. The number of carbonyl (C=O) groups is 1. The molecule has 2 aromatic heterocycles. The largest absolute Gasteiger partial charge is 0.394 e. The third-order valence-electron chi connectivity index (χ3n) is 6.05. The lowest BCUT2D eigenvalue weighted by molar-refractivity contribution is 0.0897.